The summed E-state index contributed by atoms with van der Waals surface area (Å²) in [4.78, 5) is 23.8. The minimum atomic E-state index is 0.0889. The number of carbonyl (C=O) groups is 1. The Kier molecular flexibility index (Phi) is 6.04. The van der Waals surface area contributed by atoms with E-state index in [0.29, 0.717) is 11.6 Å². The molecule has 0 N–H and O–H groups in total. The van der Waals surface area contributed by atoms with Crippen molar-refractivity contribution < 1.29 is 9.53 Å². The molecule has 0 radical (unpaired) electrons. The summed E-state index contributed by atoms with van der Waals surface area (Å²) in [6.07, 6.45) is 3.82. The molecule has 3 rings (SSSR count). The summed E-state index contributed by atoms with van der Waals surface area (Å²) in [7, 11) is 4.22. The van der Waals surface area contributed by atoms with Crippen LogP contribution in [0.4, 0.5) is 0 Å². The number of pyridine rings is 1. The van der Waals surface area contributed by atoms with E-state index in [0.717, 1.165) is 57.9 Å². The maximum absolute atomic E-state index is 12.8. The molecule has 1 aromatic rings. The second-order valence-corrected chi connectivity index (χ2v) is 7.37. The molecule has 0 aliphatic carbocycles. The number of rotatable bonds is 4. The molecule has 0 saturated carbocycles. The number of nitrogens with zero attached hydrogens (tertiary/aromatic N) is 4. The summed E-state index contributed by atoms with van der Waals surface area (Å²) >= 11 is 0. The quantitative estimate of drug-likeness (QED) is 0.821. The fraction of sp³-hybridized carbons (Fsp3) is 0.684. The maximum atomic E-state index is 12.8. The lowest BCUT2D eigenvalue weighted by Gasteiger charge is -2.40. The van der Waals surface area contributed by atoms with Gasteiger partial charge in [-0.25, -0.2) is 0 Å². The molecule has 6 heteroatoms. The molecule has 2 atom stereocenters. The third kappa shape index (κ3) is 4.57. The lowest BCUT2D eigenvalue weighted by atomic mass is 10.0. The molecule has 0 spiro atoms. The molecule has 6 nitrogen and oxygen atoms in total. The number of amides is 1. The van der Waals surface area contributed by atoms with Crippen LogP contribution in [0.1, 0.15) is 28.9 Å². The van der Waals surface area contributed by atoms with Crippen LogP contribution in [-0.4, -0.2) is 91.2 Å². The highest BCUT2D eigenvalue weighted by atomic mass is 16.5. The average molecular weight is 346 g/mol. The Hall–Kier alpha value is -1.50. The van der Waals surface area contributed by atoms with Crippen LogP contribution in [0, 0.1) is 6.92 Å². The highest BCUT2D eigenvalue weighted by Gasteiger charge is 2.35. The zero-order valence-corrected chi connectivity index (χ0v) is 15.6. The lowest BCUT2D eigenvalue weighted by molar-refractivity contribution is -0.0724. The van der Waals surface area contributed by atoms with E-state index in [-0.39, 0.29) is 12.0 Å². The van der Waals surface area contributed by atoms with Crippen LogP contribution < -0.4 is 0 Å². The van der Waals surface area contributed by atoms with E-state index >= 15 is 0 Å². The van der Waals surface area contributed by atoms with Crippen molar-refractivity contribution >= 4 is 5.91 Å². The average Bonchev–Trinajstić information content (AvgIpc) is 2.83. The molecule has 2 aliphatic heterocycles. The molecule has 0 bridgehead atoms. The van der Waals surface area contributed by atoms with Crippen molar-refractivity contribution in [3.8, 4) is 0 Å². The van der Waals surface area contributed by atoms with Crippen LogP contribution in [0.15, 0.2) is 18.3 Å². The van der Waals surface area contributed by atoms with Gasteiger partial charge in [0.2, 0.25) is 0 Å². The van der Waals surface area contributed by atoms with Gasteiger partial charge < -0.3 is 14.5 Å². The number of likely N-dealkylation sites (tertiary alicyclic amines) is 1. The van der Waals surface area contributed by atoms with Gasteiger partial charge in [-0.2, -0.15) is 0 Å². The van der Waals surface area contributed by atoms with E-state index in [2.05, 4.69) is 28.9 Å². The number of morpholine rings is 1. The lowest BCUT2D eigenvalue weighted by Crippen LogP contribution is -2.52. The summed E-state index contributed by atoms with van der Waals surface area (Å²) in [5, 5.41) is 0. The van der Waals surface area contributed by atoms with Gasteiger partial charge in [-0.3, -0.25) is 14.7 Å². The minimum Gasteiger partial charge on any atom is -0.375 e. The van der Waals surface area contributed by atoms with Gasteiger partial charge in [0.1, 0.15) is 0 Å². The largest absolute Gasteiger partial charge is 0.375 e. The van der Waals surface area contributed by atoms with Crippen LogP contribution >= 0.6 is 0 Å². The van der Waals surface area contributed by atoms with E-state index < -0.39 is 0 Å². The van der Waals surface area contributed by atoms with Crippen molar-refractivity contribution in [1.29, 1.82) is 0 Å². The van der Waals surface area contributed by atoms with E-state index in [4.69, 9.17) is 4.74 Å². The molecule has 25 heavy (non-hydrogen) atoms. The zero-order chi connectivity index (χ0) is 17.8. The smallest absolute Gasteiger partial charge is 0.255 e. The number of ether oxygens (including phenoxy) is 1. The van der Waals surface area contributed by atoms with Gasteiger partial charge in [-0.05, 0) is 46.0 Å². The summed E-state index contributed by atoms with van der Waals surface area (Å²) in [5.74, 6) is 0.0889. The Morgan fingerprint density at radius 2 is 2.08 bits per heavy atom. The molecule has 2 fully saturated rings. The van der Waals surface area contributed by atoms with Gasteiger partial charge in [0.15, 0.2) is 0 Å². The third-order valence-electron chi connectivity index (χ3n) is 5.27. The highest BCUT2D eigenvalue weighted by Crippen LogP contribution is 2.24. The highest BCUT2D eigenvalue weighted by molar-refractivity contribution is 5.93. The second-order valence-electron chi connectivity index (χ2n) is 7.37. The molecule has 138 valence electrons. The van der Waals surface area contributed by atoms with Crippen LogP contribution in [0.2, 0.25) is 0 Å². The molecular formula is C19H30N4O2. The van der Waals surface area contributed by atoms with Crippen molar-refractivity contribution in [2.75, 3.05) is 53.4 Å². The van der Waals surface area contributed by atoms with Crippen molar-refractivity contribution in [2.45, 2.75) is 31.9 Å². The number of aromatic nitrogens is 1. The first kappa shape index (κ1) is 18.3. The van der Waals surface area contributed by atoms with Gasteiger partial charge in [0.05, 0.1) is 18.3 Å². The Bertz CT molecular complexity index is 575. The molecule has 2 unspecified atom stereocenters. The third-order valence-corrected chi connectivity index (χ3v) is 5.27. The number of likely N-dealkylation sites (N-methyl/N-ethyl adjacent to an activating group) is 1. The van der Waals surface area contributed by atoms with Crippen molar-refractivity contribution in [2.24, 2.45) is 0 Å². The van der Waals surface area contributed by atoms with Crippen LogP contribution in [0.25, 0.3) is 0 Å². The Balaban J connectivity index is 1.64. The van der Waals surface area contributed by atoms with Gasteiger partial charge in [-0.15, -0.1) is 0 Å². The predicted octanol–water partition coefficient (Wildman–Crippen LogP) is 1.26. The van der Waals surface area contributed by atoms with E-state index in [9.17, 15) is 4.79 Å². The number of hydrogen-bond acceptors (Lipinski definition) is 5. The fourth-order valence-corrected chi connectivity index (χ4v) is 3.75. The van der Waals surface area contributed by atoms with Gasteiger partial charge >= 0.3 is 0 Å². The van der Waals surface area contributed by atoms with Crippen LogP contribution in [-0.2, 0) is 4.74 Å². The Labute approximate surface area is 150 Å². The summed E-state index contributed by atoms with van der Waals surface area (Å²) in [6.45, 7) is 7.39. The number of carbonyl (C=O) groups excluding carboxylic acids is 1. The molecular weight excluding hydrogens is 316 g/mol. The number of fused-ring (bicyclic) bond motifs is 1. The first-order valence-electron chi connectivity index (χ1n) is 9.27. The first-order valence-corrected chi connectivity index (χ1v) is 9.27. The zero-order valence-electron chi connectivity index (χ0n) is 15.6. The topological polar surface area (TPSA) is 48.9 Å². The fourth-order valence-electron chi connectivity index (χ4n) is 3.75. The predicted molar refractivity (Wildman–Crippen MR) is 97.8 cm³/mol. The van der Waals surface area contributed by atoms with Gasteiger partial charge in [-0.1, -0.05) is 0 Å². The number of hydrogen-bond donors (Lipinski definition) is 0. The Morgan fingerprint density at radius 3 is 2.80 bits per heavy atom. The van der Waals surface area contributed by atoms with Gasteiger partial charge in [0.25, 0.3) is 5.91 Å². The van der Waals surface area contributed by atoms with E-state index in [1.54, 1.807) is 6.20 Å². The van der Waals surface area contributed by atoms with Gasteiger partial charge in [0, 0.05) is 50.7 Å². The molecule has 2 saturated heterocycles. The summed E-state index contributed by atoms with van der Waals surface area (Å²) in [5.41, 5.74) is 1.62. The normalized spacial score (nSPS) is 24.9. The number of aryl methyl sites for hydroxylation is 1. The summed E-state index contributed by atoms with van der Waals surface area (Å²) in [6, 6.07) is 4.20. The SMILES string of the molecule is Cc1ccc(C(=O)N2CCC3OCCN(CCN(C)C)C3CC2)cn1. The first-order chi connectivity index (χ1) is 12.0. The van der Waals surface area contributed by atoms with Crippen molar-refractivity contribution in [3.63, 3.8) is 0 Å². The molecule has 3 heterocycles. The standard InChI is InChI=1S/C19H30N4O2/c1-15-4-5-16(14-20-15)19(24)23-8-6-17-18(7-9-23)25-13-12-22(17)11-10-21(2)3/h4-5,14,17-18H,6-13H2,1-3H3. The summed E-state index contributed by atoms with van der Waals surface area (Å²) < 4.78 is 6.04. The minimum absolute atomic E-state index is 0.0889. The van der Waals surface area contributed by atoms with E-state index in [1.165, 1.54) is 0 Å². The molecule has 2 aliphatic rings. The molecule has 0 aromatic carbocycles. The van der Waals surface area contributed by atoms with Crippen molar-refractivity contribution in [1.82, 2.24) is 19.7 Å². The monoisotopic (exact) mass is 346 g/mol. The molecule has 1 aromatic heterocycles. The van der Waals surface area contributed by atoms with Crippen LogP contribution in [0.5, 0.6) is 0 Å². The van der Waals surface area contributed by atoms with Crippen molar-refractivity contribution in [3.05, 3.63) is 29.6 Å². The second kappa shape index (κ2) is 8.25. The van der Waals surface area contributed by atoms with Crippen LogP contribution in [0.3, 0.4) is 0 Å². The maximum Gasteiger partial charge on any atom is 0.255 e. The Morgan fingerprint density at radius 1 is 1.28 bits per heavy atom. The van der Waals surface area contributed by atoms with E-state index in [1.807, 2.05) is 24.0 Å². The molecule has 1 amide bonds.